The minimum absolute atomic E-state index is 0.263. The van der Waals surface area contributed by atoms with E-state index in [1.54, 1.807) is 11.8 Å². The molecule has 2 rings (SSSR count). The van der Waals surface area contributed by atoms with Crippen molar-refractivity contribution in [1.82, 2.24) is 0 Å². The van der Waals surface area contributed by atoms with Crippen LogP contribution < -0.4 is 0 Å². The number of rotatable bonds is 9. The number of carbonyl (C=O) groups is 1. The van der Waals surface area contributed by atoms with Crippen molar-refractivity contribution in [3.63, 3.8) is 0 Å². The van der Waals surface area contributed by atoms with Gasteiger partial charge in [-0.3, -0.25) is 0 Å². The fourth-order valence-corrected chi connectivity index (χ4v) is 5.61. The summed E-state index contributed by atoms with van der Waals surface area (Å²) in [6, 6.07) is 10.1. The molecule has 1 saturated heterocycles. The van der Waals surface area contributed by atoms with Gasteiger partial charge in [-0.1, -0.05) is 31.7 Å². The van der Waals surface area contributed by atoms with Gasteiger partial charge in [0.2, 0.25) is 0 Å². The second kappa shape index (κ2) is 11.1. The summed E-state index contributed by atoms with van der Waals surface area (Å²) < 4.78 is 11.3. The van der Waals surface area contributed by atoms with Crippen LogP contribution >= 0.6 is 35.3 Å². The van der Waals surface area contributed by atoms with Gasteiger partial charge in [-0.05, 0) is 12.1 Å². The maximum absolute atomic E-state index is 11.5. The first-order chi connectivity index (χ1) is 11.7. The van der Waals surface area contributed by atoms with Crippen LogP contribution in [0.5, 0.6) is 0 Å². The molecular formula is C18H24O3S3. The Labute approximate surface area is 157 Å². The lowest BCUT2D eigenvalue weighted by Gasteiger charge is -2.26. The Morgan fingerprint density at radius 2 is 2.17 bits per heavy atom. The molecule has 1 aliphatic heterocycles. The van der Waals surface area contributed by atoms with E-state index in [0.29, 0.717) is 24.2 Å². The first-order valence-corrected chi connectivity index (χ1v) is 11.1. The van der Waals surface area contributed by atoms with Gasteiger partial charge in [-0.2, -0.15) is 23.5 Å². The van der Waals surface area contributed by atoms with Crippen LogP contribution in [0.4, 0.5) is 0 Å². The summed E-state index contributed by atoms with van der Waals surface area (Å²) in [5.74, 6) is 2.58. The molecule has 1 fully saturated rings. The van der Waals surface area contributed by atoms with Crippen molar-refractivity contribution in [3.05, 3.63) is 43.0 Å². The maximum atomic E-state index is 11.5. The van der Waals surface area contributed by atoms with Crippen LogP contribution in [-0.4, -0.2) is 53.0 Å². The van der Waals surface area contributed by atoms with E-state index in [1.807, 2.05) is 41.7 Å². The Morgan fingerprint density at radius 1 is 1.38 bits per heavy atom. The third-order valence-electron chi connectivity index (χ3n) is 3.37. The third kappa shape index (κ3) is 7.55. The third-order valence-corrected chi connectivity index (χ3v) is 7.73. The summed E-state index contributed by atoms with van der Waals surface area (Å²) in [5.41, 5.74) is 0. The number of hydrogen-bond acceptors (Lipinski definition) is 6. The summed E-state index contributed by atoms with van der Waals surface area (Å²) in [6.07, 6.45) is 0.940. The molecule has 1 aromatic carbocycles. The van der Waals surface area contributed by atoms with Gasteiger partial charge in [0.05, 0.1) is 13.2 Å². The molecular weight excluding hydrogens is 360 g/mol. The molecule has 6 heteroatoms. The summed E-state index contributed by atoms with van der Waals surface area (Å²) >= 11 is 5.65. The Morgan fingerprint density at radius 3 is 2.83 bits per heavy atom. The Balaban J connectivity index is 1.75. The highest BCUT2D eigenvalue weighted by atomic mass is 32.2. The molecule has 1 aliphatic rings. The van der Waals surface area contributed by atoms with Gasteiger partial charge in [0.15, 0.2) is 0 Å². The molecule has 3 atom stereocenters. The standard InChI is InChI=1S/C18H24O3S3/c1-3-18(19)21-15(12-24-16-7-5-4-6-8-16)9-20-10-17-13-22-14(2)11-23-17/h3-8,14-15,17H,1,9-13H2,2H3. The van der Waals surface area contributed by atoms with Crippen molar-refractivity contribution >= 4 is 41.3 Å². The summed E-state index contributed by atoms with van der Waals surface area (Å²) in [4.78, 5) is 12.7. The van der Waals surface area contributed by atoms with Gasteiger partial charge in [-0.15, -0.1) is 11.8 Å². The van der Waals surface area contributed by atoms with Gasteiger partial charge in [0.1, 0.15) is 6.10 Å². The minimum Gasteiger partial charge on any atom is -0.456 e. The van der Waals surface area contributed by atoms with Gasteiger partial charge in [0.25, 0.3) is 0 Å². The quantitative estimate of drug-likeness (QED) is 0.362. The molecule has 0 N–H and O–H groups in total. The number of esters is 1. The molecule has 0 aliphatic carbocycles. The lowest BCUT2D eigenvalue weighted by molar-refractivity contribution is -0.144. The van der Waals surface area contributed by atoms with E-state index in [-0.39, 0.29) is 6.10 Å². The van der Waals surface area contributed by atoms with Crippen LogP contribution in [0.25, 0.3) is 0 Å². The van der Waals surface area contributed by atoms with Crippen LogP contribution in [0.3, 0.4) is 0 Å². The number of thioether (sulfide) groups is 3. The summed E-state index contributed by atoms with van der Waals surface area (Å²) in [5, 5.41) is 1.26. The van der Waals surface area contributed by atoms with E-state index in [0.717, 1.165) is 15.9 Å². The van der Waals surface area contributed by atoms with Crippen molar-refractivity contribution in [3.8, 4) is 0 Å². The van der Waals surface area contributed by atoms with Crippen molar-refractivity contribution < 1.29 is 14.3 Å². The Kier molecular flexibility index (Phi) is 9.17. The second-order valence-electron chi connectivity index (χ2n) is 5.52. The van der Waals surface area contributed by atoms with E-state index < -0.39 is 5.97 Å². The molecule has 1 heterocycles. The molecule has 3 unspecified atom stereocenters. The predicted molar refractivity (Wildman–Crippen MR) is 106 cm³/mol. The van der Waals surface area contributed by atoms with Crippen molar-refractivity contribution in [1.29, 1.82) is 0 Å². The number of hydrogen-bond donors (Lipinski definition) is 0. The van der Waals surface area contributed by atoms with Crippen LogP contribution in [0.2, 0.25) is 0 Å². The molecule has 0 spiro atoms. The van der Waals surface area contributed by atoms with E-state index in [1.165, 1.54) is 11.8 Å². The molecule has 0 bridgehead atoms. The highest BCUT2D eigenvalue weighted by Gasteiger charge is 2.20. The monoisotopic (exact) mass is 384 g/mol. The lowest BCUT2D eigenvalue weighted by Crippen LogP contribution is -2.29. The number of carbonyl (C=O) groups excluding carboxylic acids is 1. The molecule has 1 aromatic rings. The Hall–Kier alpha value is -0.560. The normalized spacial score (nSPS) is 21.9. The zero-order chi connectivity index (χ0) is 17.2. The first kappa shape index (κ1) is 19.8. The highest BCUT2D eigenvalue weighted by molar-refractivity contribution is 8.07. The molecule has 0 radical (unpaired) electrons. The van der Waals surface area contributed by atoms with Gasteiger partial charge in [-0.25, -0.2) is 4.79 Å². The smallest absolute Gasteiger partial charge is 0.330 e. The molecule has 0 aromatic heterocycles. The second-order valence-corrected chi connectivity index (χ2v) is 9.42. The van der Waals surface area contributed by atoms with E-state index in [4.69, 9.17) is 9.47 Å². The molecule has 24 heavy (non-hydrogen) atoms. The minimum atomic E-state index is -0.395. The van der Waals surface area contributed by atoms with Crippen LogP contribution in [-0.2, 0) is 14.3 Å². The van der Waals surface area contributed by atoms with E-state index in [2.05, 4.69) is 25.6 Å². The molecule has 0 saturated carbocycles. The highest BCUT2D eigenvalue weighted by Crippen LogP contribution is 2.29. The zero-order valence-electron chi connectivity index (χ0n) is 13.9. The zero-order valence-corrected chi connectivity index (χ0v) is 16.3. The largest absolute Gasteiger partial charge is 0.456 e. The molecule has 0 amide bonds. The van der Waals surface area contributed by atoms with Crippen LogP contribution in [0, 0.1) is 0 Å². The van der Waals surface area contributed by atoms with E-state index in [9.17, 15) is 4.79 Å². The topological polar surface area (TPSA) is 35.5 Å². The fraction of sp³-hybridized carbons (Fsp3) is 0.500. The van der Waals surface area contributed by atoms with Crippen molar-refractivity contribution in [2.75, 3.05) is 30.5 Å². The van der Waals surface area contributed by atoms with Gasteiger partial charge in [0, 0.05) is 38.7 Å². The molecule has 3 nitrogen and oxygen atoms in total. The van der Waals surface area contributed by atoms with Crippen molar-refractivity contribution in [2.45, 2.75) is 28.4 Å². The maximum Gasteiger partial charge on any atom is 0.330 e. The van der Waals surface area contributed by atoms with Crippen molar-refractivity contribution in [2.24, 2.45) is 0 Å². The van der Waals surface area contributed by atoms with Gasteiger partial charge >= 0.3 is 5.97 Å². The van der Waals surface area contributed by atoms with Gasteiger partial charge < -0.3 is 9.47 Å². The lowest BCUT2D eigenvalue weighted by atomic mass is 10.4. The predicted octanol–water partition coefficient (Wildman–Crippen LogP) is 4.13. The number of benzene rings is 1. The van der Waals surface area contributed by atoms with E-state index >= 15 is 0 Å². The van der Waals surface area contributed by atoms with Crippen LogP contribution in [0.15, 0.2) is 47.9 Å². The SMILES string of the molecule is C=CC(=O)OC(COCC1CSC(C)CS1)CSc1ccccc1. The average Bonchev–Trinajstić information content (AvgIpc) is 2.62. The summed E-state index contributed by atoms with van der Waals surface area (Å²) in [7, 11) is 0. The fourth-order valence-electron chi connectivity index (χ4n) is 2.10. The average molecular weight is 385 g/mol. The Bertz CT molecular complexity index is 501. The van der Waals surface area contributed by atoms with Crippen LogP contribution in [0.1, 0.15) is 6.92 Å². The molecule has 132 valence electrons. The number of ether oxygens (including phenoxy) is 2. The first-order valence-electron chi connectivity index (χ1n) is 7.99. The summed E-state index contributed by atoms with van der Waals surface area (Å²) in [6.45, 7) is 6.87.